The van der Waals surface area contributed by atoms with Crippen LogP contribution in [0, 0.1) is 13.8 Å². The lowest BCUT2D eigenvalue weighted by Crippen LogP contribution is -2.46. The molecule has 0 radical (unpaired) electrons. The van der Waals surface area contributed by atoms with E-state index in [1.54, 1.807) is 11.3 Å². The molecular weight excluding hydrogens is 519 g/mol. The number of guanidine groups is 1. The normalized spacial score (nSPS) is 15.5. The van der Waals surface area contributed by atoms with Gasteiger partial charge in [0.1, 0.15) is 0 Å². The van der Waals surface area contributed by atoms with Gasteiger partial charge in [0.2, 0.25) is 0 Å². The van der Waals surface area contributed by atoms with Gasteiger partial charge in [-0.15, -0.1) is 35.3 Å². The lowest BCUT2D eigenvalue weighted by Gasteiger charge is -2.34. The number of nitrogens with zero attached hydrogens (tertiary/aromatic N) is 4. The number of piperazine rings is 1. The van der Waals surface area contributed by atoms with Gasteiger partial charge in [0.25, 0.3) is 0 Å². The quantitative estimate of drug-likeness (QED) is 0.215. The minimum atomic E-state index is 0. The second-order valence-corrected chi connectivity index (χ2v) is 9.17. The number of hydrogen-bond donors (Lipinski definition) is 2. The van der Waals surface area contributed by atoms with Crippen molar-refractivity contribution in [1.82, 2.24) is 25.4 Å². The van der Waals surface area contributed by atoms with E-state index in [1.807, 2.05) is 7.05 Å². The van der Waals surface area contributed by atoms with Crippen molar-refractivity contribution in [2.24, 2.45) is 4.99 Å². The number of rotatable bonds is 9. The summed E-state index contributed by atoms with van der Waals surface area (Å²) in [7, 11) is 1.83. The van der Waals surface area contributed by atoms with Gasteiger partial charge in [-0.05, 0) is 32.4 Å². The number of nitrogens with one attached hydrogen (secondary N) is 2. The van der Waals surface area contributed by atoms with E-state index in [1.165, 1.54) is 15.4 Å². The predicted octanol–water partition coefficient (Wildman–Crippen LogP) is 3.29. The van der Waals surface area contributed by atoms with Crippen LogP contribution in [0.1, 0.15) is 27.6 Å². The summed E-state index contributed by atoms with van der Waals surface area (Å²) in [6, 6.07) is 10.8. The average Bonchev–Trinajstić information content (AvgIpc) is 3.09. The van der Waals surface area contributed by atoms with Crippen molar-refractivity contribution in [1.29, 1.82) is 0 Å². The molecule has 0 saturated carbocycles. The van der Waals surface area contributed by atoms with Gasteiger partial charge in [0.05, 0.1) is 10.7 Å². The van der Waals surface area contributed by atoms with E-state index >= 15 is 0 Å². The monoisotopic (exact) mass is 556 g/mol. The molecule has 1 saturated heterocycles. The third-order valence-electron chi connectivity index (χ3n) is 5.59. The number of halogens is 1. The fraction of sp³-hybridized carbons (Fsp3) is 0.565. The van der Waals surface area contributed by atoms with Crippen LogP contribution in [0.25, 0.3) is 0 Å². The van der Waals surface area contributed by atoms with Crippen LogP contribution in [0.2, 0.25) is 0 Å². The maximum Gasteiger partial charge on any atom is 0.190 e. The van der Waals surface area contributed by atoms with Crippen molar-refractivity contribution in [2.45, 2.75) is 33.2 Å². The Morgan fingerprint density at radius 3 is 2.35 bits per heavy atom. The number of hydrogen-bond acceptors (Lipinski definition) is 5. The Balaban J connectivity index is 0.00000341. The Hall–Kier alpha value is -1.23. The maximum atomic E-state index is 4.60. The van der Waals surface area contributed by atoms with E-state index in [4.69, 9.17) is 0 Å². The molecule has 0 aliphatic carbocycles. The smallest absolute Gasteiger partial charge is 0.190 e. The second kappa shape index (κ2) is 14.0. The number of aliphatic imine (C=N–C) groups is 1. The molecule has 1 aliphatic heterocycles. The van der Waals surface area contributed by atoms with Gasteiger partial charge in [-0.1, -0.05) is 30.3 Å². The lowest BCUT2D eigenvalue weighted by atomic mass is 10.2. The molecule has 1 aliphatic rings. The highest BCUT2D eigenvalue weighted by Gasteiger charge is 2.16. The van der Waals surface area contributed by atoms with E-state index in [0.717, 1.165) is 76.9 Å². The first-order valence-corrected chi connectivity index (χ1v) is 11.8. The van der Waals surface area contributed by atoms with Crippen LogP contribution < -0.4 is 10.6 Å². The molecular formula is C23H37IN6S. The van der Waals surface area contributed by atoms with Crippen LogP contribution in [0.3, 0.4) is 0 Å². The summed E-state index contributed by atoms with van der Waals surface area (Å²) in [5.41, 5.74) is 2.56. The summed E-state index contributed by atoms with van der Waals surface area (Å²) < 4.78 is 0. The summed E-state index contributed by atoms with van der Waals surface area (Å²) in [4.78, 5) is 15.4. The van der Waals surface area contributed by atoms with E-state index in [9.17, 15) is 0 Å². The Labute approximate surface area is 208 Å². The first-order valence-electron chi connectivity index (χ1n) is 11.0. The first-order chi connectivity index (χ1) is 14.6. The highest BCUT2D eigenvalue weighted by Crippen LogP contribution is 2.16. The largest absolute Gasteiger partial charge is 0.356 e. The Morgan fingerprint density at radius 1 is 1.03 bits per heavy atom. The molecule has 6 nitrogen and oxygen atoms in total. The molecule has 1 aromatic heterocycles. The number of benzene rings is 1. The summed E-state index contributed by atoms with van der Waals surface area (Å²) in [6.07, 6.45) is 2.07. The Morgan fingerprint density at radius 2 is 1.71 bits per heavy atom. The molecule has 0 unspecified atom stereocenters. The molecule has 0 bridgehead atoms. The van der Waals surface area contributed by atoms with Gasteiger partial charge in [0, 0.05) is 64.2 Å². The third kappa shape index (κ3) is 9.03. The third-order valence-corrected chi connectivity index (χ3v) is 6.72. The van der Waals surface area contributed by atoms with Gasteiger partial charge >= 0.3 is 0 Å². The van der Waals surface area contributed by atoms with Crippen molar-refractivity contribution in [3.05, 3.63) is 51.5 Å². The molecule has 1 fully saturated rings. The van der Waals surface area contributed by atoms with Crippen LogP contribution in [-0.4, -0.2) is 73.6 Å². The predicted molar refractivity (Wildman–Crippen MR) is 143 cm³/mol. The molecule has 2 heterocycles. The molecule has 8 heteroatoms. The molecule has 31 heavy (non-hydrogen) atoms. The fourth-order valence-corrected chi connectivity index (χ4v) is 4.61. The second-order valence-electron chi connectivity index (χ2n) is 7.88. The topological polar surface area (TPSA) is 55.8 Å². The number of aryl methyl sites for hydroxylation is 2. The summed E-state index contributed by atoms with van der Waals surface area (Å²) in [5, 5.41) is 8.03. The number of thiazole rings is 1. The van der Waals surface area contributed by atoms with Crippen LogP contribution in [-0.2, 0) is 13.0 Å². The van der Waals surface area contributed by atoms with Gasteiger partial charge in [-0.25, -0.2) is 4.98 Å². The SMILES string of the molecule is CN=C(NCCCN1CCN(Cc2ccccc2)CC1)NCCc1nc(C)c(C)s1.I. The van der Waals surface area contributed by atoms with Crippen molar-refractivity contribution in [2.75, 3.05) is 52.9 Å². The van der Waals surface area contributed by atoms with E-state index < -0.39 is 0 Å². The molecule has 1 aromatic carbocycles. The standard InChI is InChI=1S/C23H36N6S.HI/c1-19-20(2)30-22(27-19)10-12-26-23(24-3)25-11-7-13-28-14-16-29(17-15-28)18-21-8-5-4-6-9-21;/h4-6,8-9H,7,10-18H2,1-3H3,(H2,24,25,26);1H. The molecule has 0 spiro atoms. The minimum absolute atomic E-state index is 0. The summed E-state index contributed by atoms with van der Waals surface area (Å²) in [5.74, 6) is 0.882. The Kier molecular flexibility index (Phi) is 11.8. The molecule has 2 aromatic rings. The highest BCUT2D eigenvalue weighted by atomic mass is 127. The van der Waals surface area contributed by atoms with Crippen molar-refractivity contribution < 1.29 is 0 Å². The van der Waals surface area contributed by atoms with Gasteiger partial charge in [-0.2, -0.15) is 0 Å². The van der Waals surface area contributed by atoms with Gasteiger partial charge in [0.15, 0.2) is 5.96 Å². The van der Waals surface area contributed by atoms with Crippen molar-refractivity contribution >= 4 is 41.3 Å². The molecule has 2 N–H and O–H groups in total. The van der Waals surface area contributed by atoms with Gasteiger partial charge < -0.3 is 15.5 Å². The lowest BCUT2D eigenvalue weighted by molar-refractivity contribution is 0.126. The van der Waals surface area contributed by atoms with Gasteiger partial charge in [-0.3, -0.25) is 9.89 Å². The first kappa shape index (κ1) is 26.0. The van der Waals surface area contributed by atoms with Crippen molar-refractivity contribution in [3.8, 4) is 0 Å². The maximum absolute atomic E-state index is 4.60. The van der Waals surface area contributed by atoms with Crippen LogP contribution in [0.5, 0.6) is 0 Å². The van der Waals surface area contributed by atoms with Crippen LogP contribution in [0.4, 0.5) is 0 Å². The number of aromatic nitrogens is 1. The van der Waals surface area contributed by atoms with Crippen molar-refractivity contribution in [3.63, 3.8) is 0 Å². The van der Waals surface area contributed by atoms with E-state index in [-0.39, 0.29) is 24.0 Å². The average molecular weight is 557 g/mol. The molecule has 0 atom stereocenters. The van der Waals surface area contributed by atoms with E-state index in [2.05, 4.69) is 74.6 Å². The van der Waals surface area contributed by atoms with E-state index in [0.29, 0.717) is 0 Å². The zero-order valence-corrected chi connectivity index (χ0v) is 22.2. The van der Waals surface area contributed by atoms with Crippen LogP contribution >= 0.6 is 35.3 Å². The zero-order chi connectivity index (χ0) is 21.2. The minimum Gasteiger partial charge on any atom is -0.356 e. The molecule has 172 valence electrons. The van der Waals surface area contributed by atoms with Crippen LogP contribution in [0.15, 0.2) is 35.3 Å². The summed E-state index contributed by atoms with van der Waals surface area (Å²) >= 11 is 1.79. The molecule has 3 rings (SSSR count). The molecule has 0 amide bonds. The zero-order valence-electron chi connectivity index (χ0n) is 19.1. The Bertz CT molecular complexity index is 767. The summed E-state index contributed by atoms with van der Waals surface area (Å²) in [6.45, 7) is 12.8. The highest BCUT2D eigenvalue weighted by molar-refractivity contribution is 14.0. The fourth-order valence-electron chi connectivity index (χ4n) is 3.68.